The number of hydrogen-bond donors (Lipinski definition) is 2. The molecule has 1 atom stereocenters. The Morgan fingerprint density at radius 3 is 2.21 bits per heavy atom. The Kier molecular flexibility index (Phi) is 5.69. The summed E-state index contributed by atoms with van der Waals surface area (Å²) in [7, 11) is -3.86. The molecule has 0 aliphatic heterocycles. The quantitative estimate of drug-likeness (QED) is 0.773. The minimum absolute atomic E-state index is 0.00428. The Hall–Kier alpha value is -1.42. The molecule has 0 saturated carbocycles. The number of nitrogens with one attached hydrogen (secondary N) is 1. The van der Waals surface area contributed by atoms with Crippen LogP contribution in [0.5, 0.6) is 0 Å². The van der Waals surface area contributed by atoms with Crippen molar-refractivity contribution >= 4 is 26.0 Å². The van der Waals surface area contributed by atoms with Crippen molar-refractivity contribution in [3.8, 4) is 0 Å². The van der Waals surface area contributed by atoms with Crippen molar-refractivity contribution < 1.29 is 26.7 Å². The molecule has 24 heavy (non-hydrogen) atoms. The summed E-state index contributed by atoms with van der Waals surface area (Å²) < 4.78 is 64.4. The first kappa shape index (κ1) is 18.9. The number of halogens is 4. The van der Waals surface area contributed by atoms with Gasteiger partial charge in [-0.05, 0) is 45.8 Å². The Bertz CT molecular complexity index is 807. The average Bonchev–Trinajstić information content (AvgIpc) is 2.52. The molecule has 9 heteroatoms. The van der Waals surface area contributed by atoms with Gasteiger partial charge >= 0.3 is 6.18 Å². The van der Waals surface area contributed by atoms with E-state index in [-0.39, 0.29) is 17.0 Å². The summed E-state index contributed by atoms with van der Waals surface area (Å²) in [4.78, 5) is 0.00428. The topological polar surface area (TPSA) is 66.4 Å². The maximum absolute atomic E-state index is 12.5. The molecule has 0 amide bonds. The van der Waals surface area contributed by atoms with E-state index in [0.717, 1.165) is 24.3 Å². The van der Waals surface area contributed by atoms with E-state index in [9.17, 15) is 26.7 Å². The Balaban J connectivity index is 2.08. The van der Waals surface area contributed by atoms with Crippen molar-refractivity contribution in [1.29, 1.82) is 0 Å². The molecule has 1 unspecified atom stereocenters. The zero-order chi connectivity index (χ0) is 18.0. The van der Waals surface area contributed by atoms with Gasteiger partial charge < -0.3 is 5.11 Å². The van der Waals surface area contributed by atoms with Crippen molar-refractivity contribution in [2.24, 2.45) is 0 Å². The predicted octanol–water partition coefficient (Wildman–Crippen LogP) is 3.48. The fourth-order valence-corrected chi connectivity index (χ4v) is 3.98. The number of hydrogen-bond acceptors (Lipinski definition) is 3. The van der Waals surface area contributed by atoms with Crippen LogP contribution in [-0.2, 0) is 16.2 Å². The predicted molar refractivity (Wildman–Crippen MR) is 85.7 cm³/mol. The van der Waals surface area contributed by atoms with Crippen LogP contribution in [0.4, 0.5) is 13.2 Å². The van der Waals surface area contributed by atoms with E-state index in [1.54, 1.807) is 18.2 Å². The molecule has 2 aromatic carbocycles. The largest absolute Gasteiger partial charge is 0.416 e. The standard InChI is InChI=1S/C15H13BrF3NO3S/c16-12-3-1-2-4-14(12)24(22,23)20-9-13(21)10-5-7-11(8-6-10)15(17,18)19/h1-8,13,20-21H,9H2. The number of alkyl halides is 3. The fraction of sp³-hybridized carbons (Fsp3) is 0.200. The summed E-state index contributed by atoms with van der Waals surface area (Å²) in [6.07, 6.45) is -5.74. The van der Waals surface area contributed by atoms with Crippen molar-refractivity contribution in [3.63, 3.8) is 0 Å². The van der Waals surface area contributed by atoms with Crippen LogP contribution in [0.15, 0.2) is 57.9 Å². The van der Waals surface area contributed by atoms with Crippen molar-refractivity contribution in [2.75, 3.05) is 6.54 Å². The van der Waals surface area contributed by atoms with Crippen LogP contribution in [0.3, 0.4) is 0 Å². The molecule has 130 valence electrons. The molecule has 0 aromatic heterocycles. The summed E-state index contributed by atoms with van der Waals surface area (Å²) in [5.41, 5.74) is -0.662. The molecular formula is C15H13BrF3NO3S. The van der Waals surface area contributed by atoms with E-state index in [4.69, 9.17) is 0 Å². The summed E-state index contributed by atoms with van der Waals surface area (Å²) in [5.74, 6) is 0. The Morgan fingerprint density at radius 1 is 1.08 bits per heavy atom. The highest BCUT2D eigenvalue weighted by Gasteiger charge is 2.30. The zero-order valence-corrected chi connectivity index (χ0v) is 14.5. The SMILES string of the molecule is O=S(=O)(NCC(O)c1ccc(C(F)(F)F)cc1)c1ccccc1Br. The second kappa shape index (κ2) is 7.22. The van der Waals surface area contributed by atoms with Crippen LogP contribution in [0, 0.1) is 0 Å². The number of aliphatic hydroxyl groups excluding tert-OH is 1. The lowest BCUT2D eigenvalue weighted by atomic mass is 10.1. The third-order valence-corrected chi connectivity index (χ3v) is 5.65. The summed E-state index contributed by atoms with van der Waals surface area (Å²) in [5, 5.41) is 9.97. The van der Waals surface area contributed by atoms with Gasteiger partial charge in [-0.1, -0.05) is 24.3 Å². The van der Waals surface area contributed by atoms with Gasteiger partial charge in [0.05, 0.1) is 16.6 Å². The van der Waals surface area contributed by atoms with E-state index < -0.39 is 27.9 Å². The first-order chi connectivity index (χ1) is 11.1. The Morgan fingerprint density at radius 2 is 1.67 bits per heavy atom. The zero-order valence-electron chi connectivity index (χ0n) is 12.1. The molecule has 0 aliphatic rings. The molecule has 0 fully saturated rings. The number of rotatable bonds is 5. The lowest BCUT2D eigenvalue weighted by Crippen LogP contribution is -2.28. The lowest BCUT2D eigenvalue weighted by molar-refractivity contribution is -0.137. The monoisotopic (exact) mass is 423 g/mol. The smallest absolute Gasteiger partial charge is 0.387 e. The number of sulfonamides is 1. The van der Waals surface area contributed by atoms with Gasteiger partial charge in [0.2, 0.25) is 10.0 Å². The molecule has 0 bridgehead atoms. The molecule has 0 aliphatic carbocycles. The van der Waals surface area contributed by atoms with Gasteiger partial charge in [0.25, 0.3) is 0 Å². The van der Waals surface area contributed by atoms with Gasteiger partial charge in [0.15, 0.2) is 0 Å². The minimum Gasteiger partial charge on any atom is -0.387 e. The highest BCUT2D eigenvalue weighted by molar-refractivity contribution is 9.10. The van der Waals surface area contributed by atoms with Crippen LogP contribution in [0.1, 0.15) is 17.2 Å². The van der Waals surface area contributed by atoms with Gasteiger partial charge in [-0.2, -0.15) is 13.2 Å². The molecule has 4 nitrogen and oxygen atoms in total. The van der Waals surface area contributed by atoms with Gasteiger partial charge in [0.1, 0.15) is 0 Å². The van der Waals surface area contributed by atoms with Crippen LogP contribution in [0.25, 0.3) is 0 Å². The normalized spacial score (nSPS) is 13.7. The van der Waals surface area contributed by atoms with Crippen LogP contribution < -0.4 is 4.72 Å². The van der Waals surface area contributed by atoms with Crippen molar-refractivity contribution in [1.82, 2.24) is 4.72 Å². The third kappa shape index (κ3) is 4.56. The summed E-state index contributed by atoms with van der Waals surface area (Å²) in [6, 6.07) is 10.0. The van der Waals surface area contributed by atoms with Crippen molar-refractivity contribution in [2.45, 2.75) is 17.2 Å². The number of benzene rings is 2. The van der Waals surface area contributed by atoms with Crippen molar-refractivity contribution in [3.05, 3.63) is 64.1 Å². The van der Waals surface area contributed by atoms with Crippen LogP contribution in [-0.4, -0.2) is 20.1 Å². The summed E-state index contributed by atoms with van der Waals surface area (Å²) in [6.45, 7) is -0.366. The second-order valence-electron chi connectivity index (χ2n) is 4.92. The fourth-order valence-electron chi connectivity index (χ4n) is 1.94. The van der Waals surface area contributed by atoms with E-state index in [1.165, 1.54) is 6.07 Å². The lowest BCUT2D eigenvalue weighted by Gasteiger charge is -2.14. The number of aliphatic hydroxyl groups is 1. The van der Waals surface area contributed by atoms with Gasteiger partial charge in [-0.25, -0.2) is 13.1 Å². The van der Waals surface area contributed by atoms with E-state index >= 15 is 0 Å². The van der Waals surface area contributed by atoms with E-state index in [1.807, 2.05) is 0 Å². The molecule has 2 aromatic rings. The summed E-state index contributed by atoms with van der Waals surface area (Å²) >= 11 is 3.12. The van der Waals surface area contributed by atoms with E-state index in [0.29, 0.717) is 4.47 Å². The maximum Gasteiger partial charge on any atom is 0.416 e. The van der Waals surface area contributed by atoms with Gasteiger partial charge in [0, 0.05) is 11.0 Å². The highest BCUT2D eigenvalue weighted by atomic mass is 79.9. The molecule has 0 saturated heterocycles. The minimum atomic E-state index is -4.47. The first-order valence-corrected chi connectivity index (χ1v) is 8.98. The average molecular weight is 424 g/mol. The molecular weight excluding hydrogens is 411 g/mol. The van der Waals surface area contributed by atoms with E-state index in [2.05, 4.69) is 20.7 Å². The molecule has 0 radical (unpaired) electrons. The highest BCUT2D eigenvalue weighted by Crippen LogP contribution is 2.30. The third-order valence-electron chi connectivity index (χ3n) is 3.22. The second-order valence-corrected chi connectivity index (χ2v) is 7.51. The first-order valence-electron chi connectivity index (χ1n) is 6.70. The van der Waals surface area contributed by atoms with Crippen LogP contribution in [0.2, 0.25) is 0 Å². The Labute approximate surface area is 145 Å². The maximum atomic E-state index is 12.5. The van der Waals surface area contributed by atoms with Crippen LogP contribution >= 0.6 is 15.9 Å². The van der Waals surface area contributed by atoms with Gasteiger partial charge in [-0.15, -0.1) is 0 Å². The molecule has 0 heterocycles. The van der Waals surface area contributed by atoms with Gasteiger partial charge in [-0.3, -0.25) is 0 Å². The molecule has 2 N–H and O–H groups in total. The molecule has 2 rings (SSSR count). The molecule has 0 spiro atoms.